The minimum Gasteiger partial charge on any atom is -0.339 e. The number of benzene rings is 1. The third kappa shape index (κ3) is 3.36. The third-order valence-corrected chi connectivity index (χ3v) is 4.41. The number of rotatable bonds is 6. The van der Waals surface area contributed by atoms with Crippen molar-refractivity contribution in [3.05, 3.63) is 58.4 Å². The molecule has 0 aliphatic carbocycles. The van der Waals surface area contributed by atoms with E-state index in [1.807, 2.05) is 0 Å². The number of aromatic nitrogens is 1. The van der Waals surface area contributed by atoms with Crippen LogP contribution in [0.3, 0.4) is 0 Å². The van der Waals surface area contributed by atoms with Gasteiger partial charge in [-0.15, -0.1) is 0 Å². The monoisotopic (exact) mass is 298 g/mol. The fraction of sp³-hybridized carbons (Fsp3) is 0.333. The SMILES string of the molecule is CC(C)CNCc1cc2ccccc2n1Cc1ccsc1. The van der Waals surface area contributed by atoms with Crippen LogP contribution in [0, 0.1) is 5.92 Å². The molecule has 0 aliphatic rings. The fourth-order valence-corrected chi connectivity index (χ4v) is 3.31. The Morgan fingerprint density at radius 2 is 2.05 bits per heavy atom. The summed E-state index contributed by atoms with van der Waals surface area (Å²) in [4.78, 5) is 0. The summed E-state index contributed by atoms with van der Waals surface area (Å²) in [5, 5.41) is 9.28. The van der Waals surface area contributed by atoms with Crippen molar-refractivity contribution in [1.82, 2.24) is 9.88 Å². The predicted octanol–water partition coefficient (Wildman–Crippen LogP) is 4.50. The molecule has 0 saturated carbocycles. The summed E-state index contributed by atoms with van der Waals surface area (Å²) in [6.07, 6.45) is 0. The first-order chi connectivity index (χ1) is 10.2. The van der Waals surface area contributed by atoms with Crippen molar-refractivity contribution in [2.45, 2.75) is 26.9 Å². The maximum Gasteiger partial charge on any atom is 0.0487 e. The number of thiophene rings is 1. The smallest absolute Gasteiger partial charge is 0.0487 e. The van der Waals surface area contributed by atoms with E-state index >= 15 is 0 Å². The number of nitrogens with zero attached hydrogens (tertiary/aromatic N) is 1. The van der Waals surface area contributed by atoms with Gasteiger partial charge in [0.2, 0.25) is 0 Å². The van der Waals surface area contributed by atoms with Crippen molar-refractivity contribution < 1.29 is 0 Å². The summed E-state index contributed by atoms with van der Waals surface area (Å²) in [5.41, 5.74) is 4.07. The van der Waals surface area contributed by atoms with Gasteiger partial charge in [-0.05, 0) is 52.4 Å². The van der Waals surface area contributed by atoms with E-state index in [1.54, 1.807) is 11.3 Å². The summed E-state index contributed by atoms with van der Waals surface area (Å²) >= 11 is 1.77. The quantitative estimate of drug-likeness (QED) is 0.709. The second kappa shape index (κ2) is 6.46. The molecule has 110 valence electrons. The van der Waals surface area contributed by atoms with E-state index in [0.717, 1.165) is 19.6 Å². The average Bonchev–Trinajstić information content (AvgIpc) is 3.08. The Bertz CT molecular complexity index is 695. The molecule has 2 aromatic heterocycles. The minimum atomic E-state index is 0.680. The zero-order chi connectivity index (χ0) is 14.7. The molecule has 3 rings (SSSR count). The molecule has 0 saturated heterocycles. The van der Waals surface area contributed by atoms with Crippen molar-refractivity contribution in [1.29, 1.82) is 0 Å². The zero-order valence-electron chi connectivity index (χ0n) is 12.7. The van der Waals surface area contributed by atoms with E-state index in [4.69, 9.17) is 0 Å². The van der Waals surface area contributed by atoms with E-state index in [0.29, 0.717) is 5.92 Å². The molecule has 1 N–H and O–H groups in total. The van der Waals surface area contributed by atoms with Gasteiger partial charge in [0.1, 0.15) is 0 Å². The fourth-order valence-electron chi connectivity index (χ4n) is 2.65. The molecule has 0 radical (unpaired) electrons. The van der Waals surface area contributed by atoms with E-state index in [-0.39, 0.29) is 0 Å². The highest BCUT2D eigenvalue weighted by Crippen LogP contribution is 2.22. The number of hydrogen-bond donors (Lipinski definition) is 1. The van der Waals surface area contributed by atoms with Gasteiger partial charge < -0.3 is 9.88 Å². The molecule has 0 amide bonds. The van der Waals surface area contributed by atoms with Gasteiger partial charge in [-0.1, -0.05) is 32.0 Å². The van der Waals surface area contributed by atoms with Crippen LogP contribution in [0.4, 0.5) is 0 Å². The van der Waals surface area contributed by atoms with Crippen molar-refractivity contribution in [3.63, 3.8) is 0 Å². The van der Waals surface area contributed by atoms with Gasteiger partial charge in [0.25, 0.3) is 0 Å². The van der Waals surface area contributed by atoms with E-state index in [2.05, 4.69) is 70.9 Å². The number of para-hydroxylation sites is 1. The molecular weight excluding hydrogens is 276 g/mol. The van der Waals surface area contributed by atoms with Gasteiger partial charge in [0, 0.05) is 24.3 Å². The van der Waals surface area contributed by atoms with E-state index < -0.39 is 0 Å². The molecule has 0 fully saturated rings. The highest BCUT2D eigenvalue weighted by Gasteiger charge is 2.09. The largest absolute Gasteiger partial charge is 0.339 e. The van der Waals surface area contributed by atoms with Crippen LogP contribution in [-0.2, 0) is 13.1 Å². The van der Waals surface area contributed by atoms with Gasteiger partial charge in [-0.25, -0.2) is 0 Å². The van der Waals surface area contributed by atoms with E-state index in [1.165, 1.54) is 22.2 Å². The lowest BCUT2D eigenvalue weighted by atomic mass is 10.2. The van der Waals surface area contributed by atoms with Crippen LogP contribution in [0.25, 0.3) is 10.9 Å². The van der Waals surface area contributed by atoms with Crippen LogP contribution in [0.5, 0.6) is 0 Å². The Hall–Kier alpha value is -1.58. The summed E-state index contributed by atoms with van der Waals surface area (Å²) in [6, 6.07) is 13.2. The summed E-state index contributed by atoms with van der Waals surface area (Å²) in [7, 11) is 0. The van der Waals surface area contributed by atoms with Gasteiger partial charge in [-0.2, -0.15) is 11.3 Å². The summed E-state index contributed by atoms with van der Waals surface area (Å²) in [5.74, 6) is 0.680. The van der Waals surface area contributed by atoms with Crippen molar-refractivity contribution in [3.8, 4) is 0 Å². The molecule has 0 aliphatic heterocycles. The summed E-state index contributed by atoms with van der Waals surface area (Å²) in [6.45, 7) is 7.43. The molecule has 1 aromatic carbocycles. The Morgan fingerprint density at radius 3 is 2.81 bits per heavy atom. The summed E-state index contributed by atoms with van der Waals surface area (Å²) < 4.78 is 2.44. The third-order valence-electron chi connectivity index (χ3n) is 3.68. The van der Waals surface area contributed by atoms with Crippen molar-refractivity contribution >= 4 is 22.2 Å². The van der Waals surface area contributed by atoms with Crippen molar-refractivity contribution in [2.75, 3.05) is 6.54 Å². The molecule has 0 bridgehead atoms. The Balaban J connectivity index is 1.90. The molecule has 0 atom stereocenters. The number of nitrogens with one attached hydrogen (secondary N) is 1. The standard InChI is InChI=1S/C18H22N2S/c1-14(2)10-19-11-17-9-16-5-3-4-6-18(16)20(17)12-15-7-8-21-13-15/h3-9,13-14,19H,10-12H2,1-2H3. The van der Waals surface area contributed by atoms with Gasteiger partial charge in [-0.3, -0.25) is 0 Å². The zero-order valence-corrected chi connectivity index (χ0v) is 13.5. The maximum absolute atomic E-state index is 3.56. The highest BCUT2D eigenvalue weighted by atomic mass is 32.1. The average molecular weight is 298 g/mol. The van der Waals surface area contributed by atoms with Crippen LogP contribution in [-0.4, -0.2) is 11.1 Å². The van der Waals surface area contributed by atoms with Crippen LogP contribution in [0.2, 0.25) is 0 Å². The van der Waals surface area contributed by atoms with Crippen LogP contribution >= 0.6 is 11.3 Å². The molecule has 3 aromatic rings. The molecule has 2 nitrogen and oxygen atoms in total. The first kappa shape index (κ1) is 14.4. The lowest BCUT2D eigenvalue weighted by Crippen LogP contribution is -2.21. The van der Waals surface area contributed by atoms with Crippen LogP contribution in [0.1, 0.15) is 25.1 Å². The molecule has 0 unspecified atom stereocenters. The Morgan fingerprint density at radius 1 is 1.19 bits per heavy atom. The van der Waals surface area contributed by atoms with Crippen LogP contribution < -0.4 is 5.32 Å². The lowest BCUT2D eigenvalue weighted by molar-refractivity contribution is 0.540. The molecule has 21 heavy (non-hydrogen) atoms. The number of fused-ring (bicyclic) bond motifs is 1. The lowest BCUT2D eigenvalue weighted by Gasteiger charge is -2.12. The minimum absolute atomic E-state index is 0.680. The molecule has 0 spiro atoms. The normalized spacial score (nSPS) is 11.6. The second-order valence-corrected chi connectivity index (χ2v) is 6.72. The Kier molecular flexibility index (Phi) is 4.42. The topological polar surface area (TPSA) is 17.0 Å². The predicted molar refractivity (Wildman–Crippen MR) is 91.9 cm³/mol. The first-order valence-corrected chi connectivity index (χ1v) is 8.47. The van der Waals surface area contributed by atoms with Crippen molar-refractivity contribution in [2.24, 2.45) is 5.92 Å². The second-order valence-electron chi connectivity index (χ2n) is 5.94. The molecule has 2 heterocycles. The van der Waals surface area contributed by atoms with Gasteiger partial charge in [0.05, 0.1) is 0 Å². The van der Waals surface area contributed by atoms with E-state index in [9.17, 15) is 0 Å². The highest BCUT2D eigenvalue weighted by molar-refractivity contribution is 7.07. The molecular formula is C18H22N2S. The maximum atomic E-state index is 3.56. The molecule has 3 heteroatoms. The first-order valence-electron chi connectivity index (χ1n) is 7.53. The Labute approximate surface area is 130 Å². The number of hydrogen-bond acceptors (Lipinski definition) is 2. The van der Waals surface area contributed by atoms with Crippen LogP contribution in [0.15, 0.2) is 47.2 Å². The van der Waals surface area contributed by atoms with Gasteiger partial charge >= 0.3 is 0 Å². The van der Waals surface area contributed by atoms with Gasteiger partial charge in [0.15, 0.2) is 0 Å².